The Morgan fingerprint density at radius 1 is 1.06 bits per heavy atom. The van der Waals surface area contributed by atoms with E-state index in [4.69, 9.17) is 17.5 Å². The van der Waals surface area contributed by atoms with Crippen LogP contribution in [0.25, 0.3) is 0 Å². The lowest BCUT2D eigenvalue weighted by Gasteiger charge is -2.28. The van der Waals surface area contributed by atoms with Gasteiger partial charge in [0.25, 0.3) is 0 Å². The van der Waals surface area contributed by atoms with E-state index in [0.717, 1.165) is 0 Å². The highest BCUT2D eigenvalue weighted by atomic mass is 32.3. The second-order valence-electron chi connectivity index (χ2n) is 4.82. The smallest absolute Gasteiger partial charge is 0.215 e. The summed E-state index contributed by atoms with van der Waals surface area (Å²) in [6.07, 6.45) is 7.03. The molecule has 0 atom stereocenters. The summed E-state index contributed by atoms with van der Waals surface area (Å²) in [7, 11) is -0.278. The molecule has 0 heterocycles. The SMILES string of the molecule is CCCCCCC[N+](C)(C)CC.O=S(=O)([O-])O. The number of hydrogen-bond acceptors (Lipinski definition) is 3. The van der Waals surface area contributed by atoms with Crippen molar-refractivity contribution in [2.45, 2.75) is 46.0 Å². The van der Waals surface area contributed by atoms with Gasteiger partial charge in [-0.2, -0.15) is 0 Å². The topological polar surface area (TPSA) is 77.4 Å². The molecule has 0 radical (unpaired) electrons. The molecule has 0 spiro atoms. The summed E-state index contributed by atoms with van der Waals surface area (Å²) in [6, 6.07) is 0. The summed E-state index contributed by atoms with van der Waals surface area (Å²) >= 11 is 0. The van der Waals surface area contributed by atoms with E-state index in [1.807, 2.05) is 0 Å². The van der Waals surface area contributed by atoms with Gasteiger partial charge in [-0.05, 0) is 19.8 Å². The van der Waals surface area contributed by atoms with E-state index in [1.54, 1.807) is 0 Å². The predicted octanol–water partition coefficient (Wildman–Crippen LogP) is 2.06. The van der Waals surface area contributed by atoms with Crippen LogP contribution in [0.5, 0.6) is 0 Å². The average molecular weight is 269 g/mol. The molecule has 6 heteroatoms. The van der Waals surface area contributed by atoms with Gasteiger partial charge in [-0.3, -0.25) is 4.55 Å². The molecule has 106 valence electrons. The quantitative estimate of drug-likeness (QED) is 0.332. The zero-order valence-corrected chi connectivity index (χ0v) is 12.3. The van der Waals surface area contributed by atoms with Gasteiger partial charge in [-0.15, -0.1) is 0 Å². The van der Waals surface area contributed by atoms with Crippen LogP contribution < -0.4 is 0 Å². The first kappa shape index (κ1) is 19.2. The molecular formula is C11H27NO4S. The van der Waals surface area contributed by atoms with Crippen molar-refractivity contribution in [3.63, 3.8) is 0 Å². The van der Waals surface area contributed by atoms with Crippen molar-refractivity contribution in [2.75, 3.05) is 27.2 Å². The van der Waals surface area contributed by atoms with Crippen LogP contribution in [0, 0.1) is 0 Å². The van der Waals surface area contributed by atoms with Crippen molar-refractivity contribution in [2.24, 2.45) is 0 Å². The van der Waals surface area contributed by atoms with Gasteiger partial charge in [0.05, 0.1) is 27.2 Å². The van der Waals surface area contributed by atoms with Crippen LogP contribution in [-0.4, -0.2) is 49.2 Å². The van der Waals surface area contributed by atoms with E-state index >= 15 is 0 Å². The lowest BCUT2D eigenvalue weighted by molar-refractivity contribution is -0.888. The van der Waals surface area contributed by atoms with Gasteiger partial charge in [0.15, 0.2) is 0 Å². The third-order valence-electron chi connectivity index (χ3n) is 2.72. The largest absolute Gasteiger partial charge is 0.726 e. The summed E-state index contributed by atoms with van der Waals surface area (Å²) < 4.78 is 34.0. The minimum Gasteiger partial charge on any atom is -0.726 e. The zero-order chi connectivity index (χ0) is 13.9. The average Bonchev–Trinajstić information content (AvgIpc) is 2.15. The second-order valence-corrected chi connectivity index (χ2v) is 5.67. The summed E-state index contributed by atoms with van der Waals surface area (Å²) in [4.78, 5) is 0. The lowest BCUT2D eigenvalue weighted by atomic mass is 10.1. The maximum atomic E-state index is 8.63. The van der Waals surface area contributed by atoms with Crippen LogP contribution in [0.15, 0.2) is 0 Å². The standard InChI is InChI=1S/C11H26N.H2O4S/c1-5-7-8-9-10-11-12(3,4)6-2;1-5(2,3)4/h5-11H2,1-4H3;(H2,1,2,3,4)/q+1;/p-1. The Morgan fingerprint density at radius 2 is 1.47 bits per heavy atom. The molecule has 0 aromatic heterocycles. The van der Waals surface area contributed by atoms with Crippen LogP contribution in [0.1, 0.15) is 46.0 Å². The predicted molar refractivity (Wildman–Crippen MR) is 68.6 cm³/mol. The van der Waals surface area contributed by atoms with Crippen molar-refractivity contribution in [1.82, 2.24) is 0 Å². The van der Waals surface area contributed by atoms with Crippen molar-refractivity contribution < 1.29 is 22.0 Å². The van der Waals surface area contributed by atoms with Crippen molar-refractivity contribution in [3.05, 3.63) is 0 Å². The van der Waals surface area contributed by atoms with Crippen molar-refractivity contribution >= 4 is 10.4 Å². The van der Waals surface area contributed by atoms with E-state index < -0.39 is 10.4 Å². The monoisotopic (exact) mass is 269 g/mol. The third-order valence-corrected chi connectivity index (χ3v) is 2.72. The molecule has 0 rings (SSSR count). The summed E-state index contributed by atoms with van der Waals surface area (Å²) in [5, 5.41) is 0. The fourth-order valence-electron chi connectivity index (χ4n) is 1.30. The molecule has 17 heavy (non-hydrogen) atoms. The maximum absolute atomic E-state index is 8.63. The molecule has 0 aromatic carbocycles. The van der Waals surface area contributed by atoms with Crippen LogP contribution in [0.3, 0.4) is 0 Å². The normalized spacial score (nSPS) is 11.9. The Bertz CT molecular complexity index is 255. The summed E-state index contributed by atoms with van der Waals surface area (Å²) in [5.41, 5.74) is 0. The highest BCUT2D eigenvalue weighted by Crippen LogP contribution is 2.06. The highest BCUT2D eigenvalue weighted by Gasteiger charge is 2.09. The minimum absolute atomic E-state index is 1.19. The lowest BCUT2D eigenvalue weighted by Crippen LogP contribution is -2.39. The number of hydrogen-bond donors (Lipinski definition) is 1. The van der Waals surface area contributed by atoms with E-state index in [1.165, 1.54) is 49.7 Å². The molecular weight excluding hydrogens is 242 g/mol. The van der Waals surface area contributed by atoms with Gasteiger partial charge in [0.2, 0.25) is 10.4 Å². The third kappa shape index (κ3) is 25.8. The Labute approximate surface area is 106 Å². The van der Waals surface area contributed by atoms with Crippen LogP contribution in [0.2, 0.25) is 0 Å². The number of unbranched alkanes of at least 4 members (excludes halogenated alkanes) is 4. The van der Waals surface area contributed by atoms with Gasteiger partial charge in [0.1, 0.15) is 0 Å². The molecule has 0 saturated carbocycles. The molecule has 0 saturated heterocycles. The van der Waals surface area contributed by atoms with Crippen molar-refractivity contribution in [1.29, 1.82) is 0 Å². The molecule has 1 N–H and O–H groups in total. The summed E-state index contributed by atoms with van der Waals surface area (Å²) in [5.74, 6) is 0. The van der Waals surface area contributed by atoms with E-state index in [9.17, 15) is 0 Å². The first-order valence-corrected chi connectivity index (χ1v) is 7.49. The van der Waals surface area contributed by atoms with E-state index in [-0.39, 0.29) is 0 Å². The van der Waals surface area contributed by atoms with Crippen LogP contribution in [0.4, 0.5) is 0 Å². The van der Waals surface area contributed by atoms with Gasteiger partial charge < -0.3 is 9.04 Å². The number of nitrogens with zero attached hydrogens (tertiary/aromatic N) is 1. The van der Waals surface area contributed by atoms with Gasteiger partial charge in [-0.1, -0.05) is 26.2 Å². The van der Waals surface area contributed by atoms with Gasteiger partial charge in [0, 0.05) is 0 Å². The first-order chi connectivity index (χ1) is 7.62. The molecule has 0 aliphatic carbocycles. The molecule has 0 aliphatic rings. The molecule has 0 bridgehead atoms. The Balaban J connectivity index is 0. The highest BCUT2D eigenvalue weighted by molar-refractivity contribution is 7.79. The minimum atomic E-state index is -4.92. The fraction of sp³-hybridized carbons (Fsp3) is 1.00. The Morgan fingerprint density at radius 3 is 1.82 bits per heavy atom. The number of rotatable bonds is 7. The Hall–Kier alpha value is -0.170. The summed E-state index contributed by atoms with van der Waals surface area (Å²) in [6.45, 7) is 7.14. The van der Waals surface area contributed by atoms with Crippen molar-refractivity contribution in [3.8, 4) is 0 Å². The molecule has 0 unspecified atom stereocenters. The molecule has 5 nitrogen and oxygen atoms in total. The maximum Gasteiger partial charge on any atom is 0.215 e. The Kier molecular flexibility index (Phi) is 11.1. The van der Waals surface area contributed by atoms with E-state index in [2.05, 4.69) is 27.9 Å². The van der Waals surface area contributed by atoms with Crippen LogP contribution >= 0.6 is 0 Å². The van der Waals surface area contributed by atoms with Crippen LogP contribution in [-0.2, 0) is 10.4 Å². The molecule has 0 aromatic rings. The second kappa shape index (κ2) is 9.82. The molecule has 0 aliphatic heterocycles. The fourth-order valence-corrected chi connectivity index (χ4v) is 1.30. The molecule has 0 fully saturated rings. The van der Waals surface area contributed by atoms with E-state index in [0.29, 0.717) is 0 Å². The zero-order valence-electron chi connectivity index (χ0n) is 11.5. The molecule has 0 amide bonds. The van der Waals surface area contributed by atoms with Gasteiger partial charge in [-0.25, -0.2) is 8.42 Å². The number of quaternary nitrogens is 1. The first-order valence-electron chi connectivity index (χ1n) is 6.12. The van der Waals surface area contributed by atoms with Gasteiger partial charge >= 0.3 is 0 Å².